The van der Waals surface area contributed by atoms with Crippen LogP contribution in [0.5, 0.6) is 0 Å². The van der Waals surface area contributed by atoms with Crippen LogP contribution in [0.4, 0.5) is 0 Å². The number of piperazine rings is 1. The van der Waals surface area contributed by atoms with Gasteiger partial charge in [-0.15, -0.1) is 5.06 Å². The Bertz CT molecular complexity index is 296. The van der Waals surface area contributed by atoms with Gasteiger partial charge in [0.1, 0.15) is 0 Å². The number of rotatable bonds is 5. The Labute approximate surface area is 100 Å². The van der Waals surface area contributed by atoms with Gasteiger partial charge in [0.15, 0.2) is 0 Å². The first-order valence-corrected chi connectivity index (χ1v) is 5.72. The van der Waals surface area contributed by atoms with Gasteiger partial charge in [-0.3, -0.25) is 0 Å². The summed E-state index contributed by atoms with van der Waals surface area (Å²) in [4.78, 5) is 28.7. The first kappa shape index (κ1) is 13.7. The number of aliphatic carboxylic acids is 1. The summed E-state index contributed by atoms with van der Waals surface area (Å²) in [6.45, 7) is 6.23. The normalized spacial score (nSPS) is 18.4. The van der Waals surface area contributed by atoms with E-state index in [1.165, 1.54) is 0 Å². The molecule has 0 saturated carbocycles. The lowest BCUT2D eigenvalue weighted by Gasteiger charge is -2.32. The molecule has 1 aliphatic rings. The van der Waals surface area contributed by atoms with E-state index in [0.717, 1.165) is 38.2 Å². The minimum absolute atomic E-state index is 0.642. The lowest BCUT2D eigenvalue weighted by atomic mass is 10.3. The first-order chi connectivity index (χ1) is 8.11. The molecule has 1 rings (SSSR count). The fourth-order valence-electron chi connectivity index (χ4n) is 1.66. The summed E-state index contributed by atoms with van der Waals surface area (Å²) in [6.07, 6.45) is 2.80. The Hall–Kier alpha value is -1.40. The number of hydrogen-bond donors (Lipinski definition) is 1. The van der Waals surface area contributed by atoms with E-state index in [2.05, 4.69) is 11.8 Å². The summed E-state index contributed by atoms with van der Waals surface area (Å²) in [5, 5.41) is 9.92. The minimum atomic E-state index is -1.16. The SMILES string of the molecule is CCCN1CCN(OC(=O)C=CC(=O)O)CC1. The Morgan fingerprint density at radius 1 is 1.24 bits per heavy atom. The highest BCUT2D eigenvalue weighted by molar-refractivity contribution is 5.90. The third-order valence-corrected chi connectivity index (χ3v) is 2.45. The molecule has 6 heteroatoms. The Balaban J connectivity index is 2.26. The molecule has 1 aliphatic heterocycles. The van der Waals surface area contributed by atoms with Gasteiger partial charge in [-0.1, -0.05) is 6.92 Å². The predicted molar refractivity (Wildman–Crippen MR) is 61.2 cm³/mol. The van der Waals surface area contributed by atoms with Crippen LogP contribution >= 0.6 is 0 Å². The van der Waals surface area contributed by atoms with E-state index >= 15 is 0 Å². The molecule has 0 aromatic heterocycles. The summed E-state index contributed by atoms with van der Waals surface area (Å²) >= 11 is 0. The second-order valence-electron chi connectivity index (χ2n) is 3.85. The Morgan fingerprint density at radius 2 is 1.88 bits per heavy atom. The van der Waals surface area contributed by atoms with E-state index in [0.29, 0.717) is 13.1 Å². The van der Waals surface area contributed by atoms with Crippen molar-refractivity contribution in [2.24, 2.45) is 0 Å². The molecule has 1 heterocycles. The van der Waals surface area contributed by atoms with Crippen molar-refractivity contribution in [3.8, 4) is 0 Å². The van der Waals surface area contributed by atoms with Crippen molar-refractivity contribution in [3.63, 3.8) is 0 Å². The molecular formula is C11H18N2O4. The third kappa shape index (κ3) is 5.46. The highest BCUT2D eigenvalue weighted by Crippen LogP contribution is 2.03. The van der Waals surface area contributed by atoms with Crippen LogP contribution in [-0.2, 0) is 14.4 Å². The van der Waals surface area contributed by atoms with E-state index < -0.39 is 11.9 Å². The fraction of sp³-hybridized carbons (Fsp3) is 0.636. The second-order valence-corrected chi connectivity index (χ2v) is 3.85. The van der Waals surface area contributed by atoms with Gasteiger partial charge in [0.2, 0.25) is 0 Å². The smallest absolute Gasteiger partial charge is 0.349 e. The van der Waals surface area contributed by atoms with Crippen molar-refractivity contribution in [3.05, 3.63) is 12.2 Å². The molecule has 0 aliphatic carbocycles. The number of hydrogen-bond acceptors (Lipinski definition) is 5. The highest BCUT2D eigenvalue weighted by Gasteiger charge is 2.18. The predicted octanol–water partition coefficient (Wildman–Crippen LogP) is 0.113. The van der Waals surface area contributed by atoms with Crippen LogP contribution in [0.1, 0.15) is 13.3 Å². The van der Waals surface area contributed by atoms with Gasteiger partial charge in [-0.25, -0.2) is 9.59 Å². The zero-order valence-electron chi connectivity index (χ0n) is 9.96. The van der Waals surface area contributed by atoms with Crippen LogP contribution < -0.4 is 0 Å². The second kappa shape index (κ2) is 7.03. The molecule has 1 N–H and O–H groups in total. The van der Waals surface area contributed by atoms with Gasteiger partial charge in [0.25, 0.3) is 0 Å². The highest BCUT2D eigenvalue weighted by atomic mass is 16.7. The minimum Gasteiger partial charge on any atom is -0.478 e. The van der Waals surface area contributed by atoms with Gasteiger partial charge in [-0.2, -0.15) is 0 Å². The largest absolute Gasteiger partial charge is 0.478 e. The molecule has 17 heavy (non-hydrogen) atoms. The molecule has 0 radical (unpaired) electrons. The molecule has 0 spiro atoms. The topological polar surface area (TPSA) is 70.1 Å². The van der Waals surface area contributed by atoms with E-state index in [1.807, 2.05) is 0 Å². The molecule has 1 fully saturated rings. The molecule has 1 saturated heterocycles. The van der Waals surface area contributed by atoms with Crippen LogP contribution in [0, 0.1) is 0 Å². The maximum absolute atomic E-state index is 11.2. The van der Waals surface area contributed by atoms with Crippen molar-refractivity contribution in [1.82, 2.24) is 9.96 Å². The molecule has 0 bridgehead atoms. The summed E-state index contributed by atoms with van der Waals surface area (Å²) in [7, 11) is 0. The summed E-state index contributed by atoms with van der Waals surface area (Å²) in [6, 6.07) is 0. The summed E-state index contributed by atoms with van der Waals surface area (Å²) < 4.78 is 0. The molecule has 96 valence electrons. The number of carbonyl (C=O) groups excluding carboxylic acids is 1. The number of carboxylic acids is 1. The van der Waals surface area contributed by atoms with Crippen LogP contribution in [0.3, 0.4) is 0 Å². The third-order valence-electron chi connectivity index (χ3n) is 2.45. The van der Waals surface area contributed by atoms with Gasteiger partial charge in [-0.05, 0) is 13.0 Å². The Morgan fingerprint density at radius 3 is 2.41 bits per heavy atom. The van der Waals surface area contributed by atoms with Gasteiger partial charge >= 0.3 is 11.9 Å². The van der Waals surface area contributed by atoms with Crippen molar-refractivity contribution in [2.45, 2.75) is 13.3 Å². The molecule has 0 aromatic rings. The molecule has 0 aromatic carbocycles. The zero-order valence-corrected chi connectivity index (χ0v) is 9.96. The Kier molecular flexibility index (Phi) is 5.65. The monoisotopic (exact) mass is 242 g/mol. The van der Waals surface area contributed by atoms with E-state index in [1.54, 1.807) is 5.06 Å². The average molecular weight is 242 g/mol. The van der Waals surface area contributed by atoms with E-state index in [9.17, 15) is 9.59 Å². The van der Waals surface area contributed by atoms with Crippen molar-refractivity contribution < 1.29 is 19.5 Å². The van der Waals surface area contributed by atoms with Crippen LogP contribution in [-0.4, -0.2) is 59.7 Å². The number of carboxylic acid groups (broad SMARTS) is 1. The average Bonchev–Trinajstić information content (AvgIpc) is 2.29. The van der Waals surface area contributed by atoms with Gasteiger partial charge in [0.05, 0.1) is 0 Å². The number of carbonyl (C=O) groups is 2. The van der Waals surface area contributed by atoms with E-state index in [-0.39, 0.29) is 0 Å². The van der Waals surface area contributed by atoms with Crippen molar-refractivity contribution in [2.75, 3.05) is 32.7 Å². The van der Waals surface area contributed by atoms with Crippen molar-refractivity contribution in [1.29, 1.82) is 0 Å². The number of nitrogens with zero attached hydrogens (tertiary/aromatic N) is 2. The van der Waals surface area contributed by atoms with E-state index in [4.69, 9.17) is 9.94 Å². The first-order valence-electron chi connectivity index (χ1n) is 5.72. The lowest BCUT2D eigenvalue weighted by molar-refractivity contribution is -0.191. The maximum atomic E-state index is 11.2. The molecule has 6 nitrogen and oxygen atoms in total. The summed E-state index contributed by atoms with van der Waals surface area (Å²) in [5.41, 5.74) is 0. The maximum Gasteiger partial charge on any atom is 0.349 e. The van der Waals surface area contributed by atoms with Gasteiger partial charge in [0, 0.05) is 38.3 Å². The van der Waals surface area contributed by atoms with Crippen molar-refractivity contribution >= 4 is 11.9 Å². The summed E-state index contributed by atoms with van der Waals surface area (Å²) in [5.74, 6) is -1.80. The van der Waals surface area contributed by atoms with Crippen LogP contribution in [0.25, 0.3) is 0 Å². The number of hydroxylamine groups is 2. The fourth-order valence-corrected chi connectivity index (χ4v) is 1.66. The molecule has 0 amide bonds. The quantitative estimate of drug-likeness (QED) is 0.690. The van der Waals surface area contributed by atoms with Crippen LogP contribution in [0.15, 0.2) is 12.2 Å². The zero-order chi connectivity index (χ0) is 12.7. The molecule has 0 atom stereocenters. The molecule has 0 unspecified atom stereocenters. The van der Waals surface area contributed by atoms with Crippen LogP contribution in [0.2, 0.25) is 0 Å². The lowest BCUT2D eigenvalue weighted by Crippen LogP contribution is -2.46. The molecular weight excluding hydrogens is 224 g/mol. The standard InChI is InChI=1S/C11H18N2O4/c1-2-5-12-6-8-13(9-7-12)17-11(16)4-3-10(14)15/h3-4H,2,5-9H2,1H3,(H,14,15). The van der Waals surface area contributed by atoms with Gasteiger partial charge < -0.3 is 14.8 Å².